The number of allylic oxidation sites excluding steroid dienone is 2. The van der Waals surface area contributed by atoms with Crippen LogP contribution >= 0.6 is 0 Å². The van der Waals surface area contributed by atoms with E-state index in [4.69, 9.17) is 9.84 Å². The molecule has 0 saturated carbocycles. The Bertz CT molecular complexity index is 390. The molecule has 0 bridgehead atoms. The van der Waals surface area contributed by atoms with E-state index in [1.807, 2.05) is 6.92 Å². The molecule has 0 amide bonds. The van der Waals surface area contributed by atoms with Crippen molar-refractivity contribution >= 4 is 11.9 Å². The second-order valence-corrected chi connectivity index (χ2v) is 7.48. The summed E-state index contributed by atoms with van der Waals surface area (Å²) in [5.74, 6) is -1.76. The summed E-state index contributed by atoms with van der Waals surface area (Å²) in [6, 6.07) is 0. The highest BCUT2D eigenvalue weighted by Crippen LogP contribution is 2.17. The van der Waals surface area contributed by atoms with E-state index in [9.17, 15) is 9.59 Å². The van der Waals surface area contributed by atoms with Crippen LogP contribution in [0.3, 0.4) is 0 Å². The summed E-state index contributed by atoms with van der Waals surface area (Å²) in [7, 11) is 0. The molecule has 0 aliphatic rings. The van der Waals surface area contributed by atoms with Gasteiger partial charge >= 0.3 is 11.9 Å². The largest absolute Gasteiger partial charge is 0.481 e. The number of hydrogen-bond donors (Lipinski definition) is 1. The average Bonchev–Trinajstić information content (AvgIpc) is 2.65. The van der Waals surface area contributed by atoms with E-state index in [0.29, 0.717) is 13.0 Å². The van der Waals surface area contributed by atoms with Crippen LogP contribution in [0, 0.1) is 5.92 Å². The van der Waals surface area contributed by atoms with Crippen molar-refractivity contribution in [2.24, 2.45) is 5.92 Å². The number of esters is 1. The molecule has 0 radical (unpaired) electrons. The Hall–Kier alpha value is -1.32. The first-order valence-electron chi connectivity index (χ1n) is 11.1. The summed E-state index contributed by atoms with van der Waals surface area (Å²) >= 11 is 0. The maximum atomic E-state index is 11.9. The topological polar surface area (TPSA) is 63.6 Å². The van der Waals surface area contributed by atoms with Crippen LogP contribution in [0.4, 0.5) is 0 Å². The molecule has 4 nitrogen and oxygen atoms in total. The first kappa shape index (κ1) is 25.7. The molecule has 0 aliphatic carbocycles. The molecule has 0 aromatic carbocycles. The molecule has 0 spiro atoms. The first-order chi connectivity index (χ1) is 13.1. The van der Waals surface area contributed by atoms with E-state index >= 15 is 0 Å². The van der Waals surface area contributed by atoms with Crippen molar-refractivity contribution in [3.05, 3.63) is 12.2 Å². The standard InChI is InChI=1S/C23H42O4/c1-3-5-6-7-8-9-10-11-12-13-14-15-16-17-18-21(20-22(24)25)23(26)27-19-4-2/h9-10,21H,3-8,11-20H2,1-2H3,(H,24,25)/b10-9+. The fourth-order valence-corrected chi connectivity index (χ4v) is 3.12. The molecular formula is C23H42O4. The molecule has 0 saturated heterocycles. The number of aliphatic carboxylic acids is 1. The predicted molar refractivity (Wildman–Crippen MR) is 112 cm³/mol. The Balaban J connectivity index is 3.62. The van der Waals surface area contributed by atoms with Gasteiger partial charge in [0.2, 0.25) is 0 Å². The molecule has 1 N–H and O–H groups in total. The van der Waals surface area contributed by atoms with Gasteiger partial charge in [-0.3, -0.25) is 9.59 Å². The molecule has 27 heavy (non-hydrogen) atoms. The number of rotatable bonds is 19. The van der Waals surface area contributed by atoms with Gasteiger partial charge in [0.1, 0.15) is 0 Å². The summed E-state index contributed by atoms with van der Waals surface area (Å²) in [6.45, 7) is 4.55. The number of ether oxygens (including phenoxy) is 1. The van der Waals surface area contributed by atoms with Gasteiger partial charge in [-0.25, -0.2) is 0 Å². The number of carboxylic acids is 1. The van der Waals surface area contributed by atoms with E-state index < -0.39 is 11.9 Å². The molecule has 0 aromatic rings. The third-order valence-corrected chi connectivity index (χ3v) is 4.77. The van der Waals surface area contributed by atoms with Crippen LogP contribution in [0.5, 0.6) is 0 Å². The van der Waals surface area contributed by atoms with Gasteiger partial charge in [0.25, 0.3) is 0 Å². The molecule has 1 unspecified atom stereocenters. The number of hydrogen-bond acceptors (Lipinski definition) is 3. The molecule has 0 fully saturated rings. The van der Waals surface area contributed by atoms with Crippen LogP contribution < -0.4 is 0 Å². The normalized spacial score (nSPS) is 12.4. The van der Waals surface area contributed by atoms with Crippen LogP contribution in [0.1, 0.15) is 110 Å². The van der Waals surface area contributed by atoms with Gasteiger partial charge in [0, 0.05) is 0 Å². The molecule has 158 valence electrons. The quantitative estimate of drug-likeness (QED) is 0.154. The van der Waals surface area contributed by atoms with Crippen molar-refractivity contribution in [3.8, 4) is 0 Å². The van der Waals surface area contributed by atoms with Crippen molar-refractivity contribution in [1.29, 1.82) is 0 Å². The fourth-order valence-electron chi connectivity index (χ4n) is 3.12. The maximum Gasteiger partial charge on any atom is 0.309 e. The summed E-state index contributed by atoms with van der Waals surface area (Å²) in [4.78, 5) is 22.8. The highest BCUT2D eigenvalue weighted by molar-refractivity contribution is 5.79. The summed E-state index contributed by atoms with van der Waals surface area (Å²) in [6.07, 6.45) is 20.5. The lowest BCUT2D eigenvalue weighted by Gasteiger charge is -2.13. The van der Waals surface area contributed by atoms with Gasteiger partial charge < -0.3 is 9.84 Å². The lowest BCUT2D eigenvalue weighted by molar-refractivity contribution is -0.153. The van der Waals surface area contributed by atoms with Gasteiger partial charge in [0.05, 0.1) is 18.9 Å². The van der Waals surface area contributed by atoms with Crippen LogP contribution in [0.15, 0.2) is 12.2 Å². The number of carbonyl (C=O) groups excluding carboxylic acids is 1. The van der Waals surface area contributed by atoms with Crippen molar-refractivity contribution < 1.29 is 19.4 Å². The predicted octanol–water partition coefficient (Wildman–Crippen LogP) is 6.68. The molecule has 0 rings (SSSR count). The third-order valence-electron chi connectivity index (χ3n) is 4.77. The Morgan fingerprint density at radius 2 is 1.37 bits per heavy atom. The van der Waals surface area contributed by atoms with Gasteiger partial charge in [-0.1, -0.05) is 77.4 Å². The Labute approximate surface area is 166 Å². The van der Waals surface area contributed by atoms with Crippen molar-refractivity contribution in [3.63, 3.8) is 0 Å². The Morgan fingerprint density at radius 3 is 1.93 bits per heavy atom. The molecule has 4 heteroatoms. The zero-order valence-electron chi connectivity index (χ0n) is 17.7. The van der Waals surface area contributed by atoms with Crippen LogP contribution in [0.25, 0.3) is 0 Å². The molecule has 0 aromatic heterocycles. The van der Waals surface area contributed by atoms with E-state index in [2.05, 4.69) is 19.1 Å². The molecule has 0 heterocycles. The second kappa shape index (κ2) is 19.4. The lowest BCUT2D eigenvalue weighted by Crippen LogP contribution is -2.21. The summed E-state index contributed by atoms with van der Waals surface area (Å²) < 4.78 is 5.12. The number of unbranched alkanes of at least 4 members (excludes halogenated alkanes) is 10. The average molecular weight is 383 g/mol. The van der Waals surface area contributed by atoms with E-state index in [1.165, 1.54) is 57.8 Å². The smallest absolute Gasteiger partial charge is 0.309 e. The maximum absolute atomic E-state index is 11.9. The zero-order valence-corrected chi connectivity index (χ0v) is 17.7. The van der Waals surface area contributed by atoms with E-state index in [1.54, 1.807) is 0 Å². The Kier molecular flexibility index (Phi) is 18.5. The second-order valence-electron chi connectivity index (χ2n) is 7.48. The van der Waals surface area contributed by atoms with Gasteiger partial charge in [-0.2, -0.15) is 0 Å². The highest BCUT2D eigenvalue weighted by atomic mass is 16.5. The lowest BCUT2D eigenvalue weighted by atomic mass is 9.97. The minimum Gasteiger partial charge on any atom is -0.481 e. The van der Waals surface area contributed by atoms with E-state index in [0.717, 1.165) is 25.7 Å². The van der Waals surface area contributed by atoms with Crippen molar-refractivity contribution in [2.45, 2.75) is 110 Å². The SMILES string of the molecule is CCCCCC/C=C/CCCCCCCCC(CC(=O)O)C(=O)OCCC. The third kappa shape index (κ3) is 17.8. The minimum atomic E-state index is -0.924. The zero-order chi connectivity index (χ0) is 20.2. The van der Waals surface area contributed by atoms with E-state index in [-0.39, 0.29) is 12.4 Å². The number of carbonyl (C=O) groups is 2. The van der Waals surface area contributed by atoms with Gasteiger partial charge in [-0.15, -0.1) is 0 Å². The van der Waals surface area contributed by atoms with Crippen molar-refractivity contribution in [2.75, 3.05) is 6.61 Å². The van der Waals surface area contributed by atoms with Gasteiger partial charge in [0.15, 0.2) is 0 Å². The monoisotopic (exact) mass is 382 g/mol. The summed E-state index contributed by atoms with van der Waals surface area (Å²) in [5.41, 5.74) is 0. The van der Waals surface area contributed by atoms with Crippen LogP contribution in [0.2, 0.25) is 0 Å². The fraction of sp³-hybridized carbons (Fsp3) is 0.826. The van der Waals surface area contributed by atoms with Crippen LogP contribution in [-0.4, -0.2) is 23.7 Å². The highest BCUT2D eigenvalue weighted by Gasteiger charge is 2.22. The first-order valence-corrected chi connectivity index (χ1v) is 11.1. The van der Waals surface area contributed by atoms with Crippen LogP contribution in [-0.2, 0) is 14.3 Å². The molecular weight excluding hydrogens is 340 g/mol. The molecule has 0 aliphatic heterocycles. The number of carboxylic acid groups (broad SMARTS) is 1. The minimum absolute atomic E-state index is 0.118. The Morgan fingerprint density at radius 1 is 0.815 bits per heavy atom. The summed E-state index contributed by atoms with van der Waals surface area (Å²) in [5, 5.41) is 8.96. The molecule has 1 atom stereocenters. The van der Waals surface area contributed by atoms with Gasteiger partial charge in [-0.05, 0) is 38.5 Å². The van der Waals surface area contributed by atoms with Crippen molar-refractivity contribution in [1.82, 2.24) is 0 Å².